The molecule has 0 aliphatic heterocycles. The van der Waals surface area contributed by atoms with Crippen molar-refractivity contribution in [3.05, 3.63) is 66.5 Å². The Balaban J connectivity index is 1.67. The third kappa shape index (κ3) is 5.32. The van der Waals surface area contributed by atoms with Crippen LogP contribution in [-0.4, -0.2) is 47.9 Å². The van der Waals surface area contributed by atoms with Gasteiger partial charge in [0.05, 0.1) is 30.7 Å². The monoisotopic (exact) mass is 522 g/mol. The Kier molecular flexibility index (Phi) is 6.35. The third-order valence-electron chi connectivity index (χ3n) is 5.94. The highest BCUT2D eigenvalue weighted by Gasteiger charge is 2.24. The second kappa shape index (κ2) is 9.55. The highest BCUT2D eigenvalue weighted by molar-refractivity contribution is 5.98. The predicted octanol–water partition coefficient (Wildman–Crippen LogP) is 5.79. The topological polar surface area (TPSA) is 97.0 Å². The van der Waals surface area contributed by atoms with E-state index < -0.39 is 11.7 Å². The summed E-state index contributed by atoms with van der Waals surface area (Å²) in [6, 6.07) is 9.54. The van der Waals surface area contributed by atoms with Crippen molar-refractivity contribution in [3.8, 4) is 28.8 Å². The lowest BCUT2D eigenvalue weighted by molar-refractivity contribution is 0.0543. The van der Waals surface area contributed by atoms with Gasteiger partial charge in [0.15, 0.2) is 5.65 Å². The Hall–Kier alpha value is -4.71. The number of aromatic nitrogens is 6. The number of fused-ring (bicyclic) bond motifs is 2. The zero-order valence-corrected chi connectivity index (χ0v) is 23.1. The minimum Gasteiger partial charge on any atom is -0.481 e. The SMILES string of the molecule is COc1cc(C#Cc2cnc3c(n2)c(-c2ccc4ncn(C(C)(C)C)c4c2)cn3C(=O)OC(C)(C)C)ccn1. The maximum atomic E-state index is 13.1. The van der Waals surface area contributed by atoms with Crippen molar-refractivity contribution in [2.24, 2.45) is 0 Å². The van der Waals surface area contributed by atoms with E-state index in [0.717, 1.165) is 27.7 Å². The molecule has 5 aromatic rings. The summed E-state index contributed by atoms with van der Waals surface area (Å²) in [6.45, 7) is 11.9. The minimum absolute atomic E-state index is 0.157. The Morgan fingerprint density at radius 1 is 0.974 bits per heavy atom. The third-order valence-corrected chi connectivity index (χ3v) is 5.94. The van der Waals surface area contributed by atoms with E-state index in [-0.39, 0.29) is 5.54 Å². The summed E-state index contributed by atoms with van der Waals surface area (Å²) in [6.07, 6.45) is 6.23. The van der Waals surface area contributed by atoms with Gasteiger partial charge in [-0.2, -0.15) is 0 Å². The molecule has 0 aliphatic carbocycles. The number of hydrogen-bond acceptors (Lipinski definition) is 7. The number of carbonyl (C=O) groups excluding carboxylic acids is 1. The van der Waals surface area contributed by atoms with E-state index >= 15 is 0 Å². The first-order valence-electron chi connectivity index (χ1n) is 12.5. The van der Waals surface area contributed by atoms with E-state index in [1.54, 1.807) is 37.8 Å². The van der Waals surface area contributed by atoms with E-state index in [2.05, 4.69) is 58.2 Å². The van der Waals surface area contributed by atoms with Crippen LogP contribution in [0.15, 0.2) is 55.2 Å². The second-order valence-electron chi connectivity index (χ2n) is 11.1. The van der Waals surface area contributed by atoms with Gasteiger partial charge in [0.2, 0.25) is 5.88 Å². The Morgan fingerprint density at radius 3 is 2.49 bits per heavy atom. The molecule has 0 aliphatic rings. The van der Waals surface area contributed by atoms with Crippen LogP contribution in [0.5, 0.6) is 5.88 Å². The average molecular weight is 523 g/mol. The van der Waals surface area contributed by atoms with Crippen LogP contribution in [0.25, 0.3) is 33.3 Å². The van der Waals surface area contributed by atoms with Crippen LogP contribution in [0.1, 0.15) is 52.8 Å². The smallest absolute Gasteiger partial charge is 0.420 e. The molecule has 0 fully saturated rings. The maximum absolute atomic E-state index is 13.1. The Labute approximate surface area is 226 Å². The molecule has 0 saturated carbocycles. The van der Waals surface area contributed by atoms with Gasteiger partial charge in [-0.1, -0.05) is 12.0 Å². The number of imidazole rings is 1. The predicted molar refractivity (Wildman–Crippen MR) is 150 cm³/mol. The molecule has 5 rings (SSSR count). The Morgan fingerprint density at radius 2 is 1.77 bits per heavy atom. The maximum Gasteiger partial charge on any atom is 0.420 e. The van der Waals surface area contributed by atoms with Crippen LogP contribution >= 0.6 is 0 Å². The fourth-order valence-corrected chi connectivity index (χ4v) is 4.16. The number of benzene rings is 1. The molecule has 4 heterocycles. The molecular weight excluding hydrogens is 492 g/mol. The van der Waals surface area contributed by atoms with Crippen molar-refractivity contribution in [1.82, 2.24) is 29.1 Å². The molecule has 0 atom stereocenters. The molecule has 0 spiro atoms. The van der Waals surface area contributed by atoms with Crippen LogP contribution in [0.3, 0.4) is 0 Å². The molecule has 4 aromatic heterocycles. The average Bonchev–Trinajstić information content (AvgIpc) is 3.48. The highest BCUT2D eigenvalue weighted by atomic mass is 16.6. The van der Waals surface area contributed by atoms with Gasteiger partial charge < -0.3 is 14.0 Å². The zero-order chi connectivity index (χ0) is 27.9. The lowest BCUT2D eigenvalue weighted by Gasteiger charge is -2.21. The molecule has 0 unspecified atom stereocenters. The molecule has 0 bridgehead atoms. The summed E-state index contributed by atoms with van der Waals surface area (Å²) in [5, 5.41) is 0. The van der Waals surface area contributed by atoms with Crippen LogP contribution in [0.4, 0.5) is 4.79 Å². The van der Waals surface area contributed by atoms with Crippen molar-refractivity contribution in [3.63, 3.8) is 0 Å². The lowest BCUT2D eigenvalue weighted by atomic mass is 10.1. The molecule has 0 N–H and O–H groups in total. The number of ether oxygens (including phenoxy) is 2. The fraction of sp³-hybridized carbons (Fsp3) is 0.300. The van der Waals surface area contributed by atoms with E-state index in [1.807, 2.05) is 39.2 Å². The quantitative estimate of drug-likeness (QED) is 0.271. The van der Waals surface area contributed by atoms with Gasteiger partial charge >= 0.3 is 6.09 Å². The minimum atomic E-state index is -0.670. The molecule has 198 valence electrons. The van der Waals surface area contributed by atoms with Crippen molar-refractivity contribution in [2.45, 2.75) is 52.7 Å². The molecule has 0 saturated heterocycles. The van der Waals surface area contributed by atoms with E-state index in [1.165, 1.54) is 4.57 Å². The largest absolute Gasteiger partial charge is 0.481 e. The number of nitrogens with zero attached hydrogens (tertiary/aromatic N) is 6. The molecular formula is C30H30N6O3. The van der Waals surface area contributed by atoms with Gasteiger partial charge in [0.25, 0.3) is 0 Å². The molecule has 39 heavy (non-hydrogen) atoms. The number of hydrogen-bond donors (Lipinski definition) is 0. The summed E-state index contributed by atoms with van der Waals surface area (Å²) in [5.41, 5.74) is 4.77. The van der Waals surface area contributed by atoms with Gasteiger partial charge in [0, 0.05) is 35.1 Å². The summed E-state index contributed by atoms with van der Waals surface area (Å²) in [7, 11) is 1.56. The first-order chi connectivity index (χ1) is 18.4. The van der Waals surface area contributed by atoms with Crippen molar-refractivity contribution in [1.29, 1.82) is 0 Å². The summed E-state index contributed by atoms with van der Waals surface area (Å²) < 4.78 is 14.4. The zero-order valence-electron chi connectivity index (χ0n) is 23.1. The van der Waals surface area contributed by atoms with Gasteiger partial charge in [-0.15, -0.1) is 0 Å². The molecule has 9 heteroatoms. The summed E-state index contributed by atoms with van der Waals surface area (Å²) in [5.74, 6) is 6.63. The first kappa shape index (κ1) is 25.9. The number of carbonyl (C=O) groups is 1. The lowest BCUT2D eigenvalue weighted by Crippen LogP contribution is -2.26. The van der Waals surface area contributed by atoms with E-state index in [4.69, 9.17) is 14.5 Å². The van der Waals surface area contributed by atoms with Gasteiger partial charge in [-0.05, 0) is 71.2 Å². The number of rotatable bonds is 2. The number of pyridine rings is 1. The van der Waals surface area contributed by atoms with Crippen molar-refractivity contribution < 1.29 is 14.3 Å². The fourth-order valence-electron chi connectivity index (χ4n) is 4.16. The molecule has 0 amide bonds. The van der Waals surface area contributed by atoms with Crippen molar-refractivity contribution in [2.75, 3.05) is 7.11 Å². The summed E-state index contributed by atoms with van der Waals surface area (Å²) in [4.78, 5) is 31.2. The van der Waals surface area contributed by atoms with Crippen LogP contribution in [0.2, 0.25) is 0 Å². The summed E-state index contributed by atoms with van der Waals surface area (Å²) >= 11 is 0. The Bertz CT molecular complexity index is 1770. The second-order valence-corrected chi connectivity index (χ2v) is 11.1. The first-order valence-corrected chi connectivity index (χ1v) is 12.5. The molecule has 9 nitrogen and oxygen atoms in total. The van der Waals surface area contributed by atoms with Crippen LogP contribution < -0.4 is 4.74 Å². The van der Waals surface area contributed by atoms with Crippen LogP contribution in [0, 0.1) is 11.8 Å². The van der Waals surface area contributed by atoms with Crippen LogP contribution in [-0.2, 0) is 10.3 Å². The molecule has 1 aromatic carbocycles. The normalized spacial score (nSPS) is 11.9. The highest BCUT2D eigenvalue weighted by Crippen LogP contribution is 2.32. The standard InChI is InChI=1S/C30H30N6O3/c1-29(2,3)36-18-33-23-11-9-20(15-24(23)36)22-17-35(28(37)39-30(4,5)6)27-26(22)34-21(16-32-27)10-8-19-12-13-31-25(14-19)38-7/h9,11-18H,1-7H3. The van der Waals surface area contributed by atoms with Crippen molar-refractivity contribution >= 4 is 28.3 Å². The number of methoxy groups -OCH3 is 1. The van der Waals surface area contributed by atoms with Gasteiger partial charge in [-0.3, -0.25) is 0 Å². The van der Waals surface area contributed by atoms with Gasteiger partial charge in [0.1, 0.15) is 16.8 Å². The molecule has 0 radical (unpaired) electrons. The van der Waals surface area contributed by atoms with E-state index in [9.17, 15) is 4.79 Å². The van der Waals surface area contributed by atoms with E-state index in [0.29, 0.717) is 22.7 Å². The van der Waals surface area contributed by atoms with Gasteiger partial charge in [-0.25, -0.2) is 29.3 Å².